The fourth-order valence-electron chi connectivity index (χ4n) is 1.42. The van der Waals surface area contributed by atoms with Crippen LogP contribution in [0.3, 0.4) is 0 Å². The summed E-state index contributed by atoms with van der Waals surface area (Å²) >= 11 is 9.06. The van der Waals surface area contributed by atoms with E-state index >= 15 is 0 Å². The molecule has 1 saturated carbocycles. The van der Waals surface area contributed by atoms with E-state index in [0.717, 1.165) is 12.8 Å². The van der Waals surface area contributed by atoms with Crippen molar-refractivity contribution in [3.05, 3.63) is 34.6 Å². The molecule has 2 nitrogen and oxygen atoms in total. The maximum atomic E-state index is 13.4. The minimum Gasteiger partial charge on any atom is -0.346 e. The average Bonchev–Trinajstić information content (AvgIpc) is 3.02. The van der Waals surface area contributed by atoms with Crippen molar-refractivity contribution >= 4 is 33.4 Å². The lowest BCUT2D eigenvalue weighted by molar-refractivity contribution is 0.0932. The molecule has 5 heteroatoms. The first-order chi connectivity index (χ1) is 7.56. The number of carbonyl (C=O) groups is 1. The van der Waals surface area contributed by atoms with Crippen molar-refractivity contribution in [2.45, 2.75) is 18.4 Å². The third kappa shape index (κ3) is 2.38. The molecule has 0 unspecified atom stereocenters. The monoisotopic (exact) mass is 305 g/mol. The highest BCUT2D eigenvalue weighted by Crippen LogP contribution is 2.37. The molecule has 1 aliphatic carbocycles. The van der Waals surface area contributed by atoms with Gasteiger partial charge in [-0.05, 0) is 31.0 Å². The molecule has 2 rings (SSSR count). The third-order valence-electron chi connectivity index (χ3n) is 2.66. The van der Waals surface area contributed by atoms with Crippen LogP contribution in [0.1, 0.15) is 23.2 Å². The number of alkyl halides is 1. The molecular formula is C11H10BrClFNO. The summed E-state index contributed by atoms with van der Waals surface area (Å²) in [5.74, 6) is -0.954. The van der Waals surface area contributed by atoms with Crippen molar-refractivity contribution < 1.29 is 9.18 Å². The Bertz CT molecular complexity index is 434. The Morgan fingerprint density at radius 1 is 1.56 bits per heavy atom. The standard InChI is InChI=1S/C11H10BrClFNO/c12-6-11(3-4-11)15-10(16)8-5-7(13)1-2-9(8)14/h1-2,5H,3-4,6H2,(H,15,16). The molecule has 1 aliphatic rings. The maximum absolute atomic E-state index is 13.4. The third-order valence-corrected chi connectivity index (χ3v) is 3.97. The predicted octanol–water partition coefficient (Wildman–Crippen LogP) is 3.14. The fourth-order valence-corrected chi connectivity index (χ4v) is 2.30. The number of hydrogen-bond acceptors (Lipinski definition) is 1. The molecule has 0 spiro atoms. The van der Waals surface area contributed by atoms with Crippen molar-refractivity contribution in [2.75, 3.05) is 5.33 Å². The Balaban J connectivity index is 2.17. The van der Waals surface area contributed by atoms with Crippen LogP contribution in [-0.2, 0) is 0 Å². The maximum Gasteiger partial charge on any atom is 0.254 e. The van der Waals surface area contributed by atoms with Gasteiger partial charge in [-0.15, -0.1) is 0 Å². The predicted molar refractivity (Wildman–Crippen MR) is 64.6 cm³/mol. The lowest BCUT2D eigenvalue weighted by Crippen LogP contribution is -2.38. The number of hydrogen-bond donors (Lipinski definition) is 1. The highest BCUT2D eigenvalue weighted by Gasteiger charge is 2.43. The van der Waals surface area contributed by atoms with Crippen LogP contribution in [0.2, 0.25) is 5.02 Å². The summed E-state index contributed by atoms with van der Waals surface area (Å²) < 4.78 is 13.4. The van der Waals surface area contributed by atoms with Gasteiger partial charge in [0, 0.05) is 10.4 Å². The number of carbonyl (C=O) groups excluding carboxylic acids is 1. The molecule has 0 aliphatic heterocycles. The second-order valence-electron chi connectivity index (χ2n) is 3.99. The Kier molecular flexibility index (Phi) is 3.22. The van der Waals surface area contributed by atoms with Gasteiger partial charge in [0.05, 0.1) is 11.1 Å². The van der Waals surface area contributed by atoms with E-state index in [1.54, 1.807) is 0 Å². The summed E-state index contributed by atoms with van der Waals surface area (Å²) in [5.41, 5.74) is -0.189. The Morgan fingerprint density at radius 3 is 2.81 bits per heavy atom. The van der Waals surface area contributed by atoms with E-state index in [2.05, 4.69) is 21.2 Å². The van der Waals surface area contributed by atoms with E-state index < -0.39 is 11.7 Å². The lowest BCUT2D eigenvalue weighted by atomic mass is 10.2. The molecule has 16 heavy (non-hydrogen) atoms. The molecule has 1 fully saturated rings. The summed E-state index contributed by atoms with van der Waals surface area (Å²) in [6.45, 7) is 0. The van der Waals surface area contributed by atoms with Crippen LogP contribution >= 0.6 is 27.5 Å². The first-order valence-corrected chi connectivity index (χ1v) is 6.40. The highest BCUT2D eigenvalue weighted by molar-refractivity contribution is 9.09. The number of halogens is 3. The van der Waals surface area contributed by atoms with Gasteiger partial charge in [-0.25, -0.2) is 4.39 Å². The molecule has 0 aromatic heterocycles. The first kappa shape index (κ1) is 11.9. The van der Waals surface area contributed by atoms with Gasteiger partial charge in [0.1, 0.15) is 5.82 Å². The van der Waals surface area contributed by atoms with Crippen molar-refractivity contribution in [1.29, 1.82) is 0 Å². The molecule has 0 bridgehead atoms. The van der Waals surface area contributed by atoms with Gasteiger partial charge in [0.15, 0.2) is 0 Å². The van der Waals surface area contributed by atoms with Gasteiger partial charge < -0.3 is 5.32 Å². The van der Waals surface area contributed by atoms with Gasteiger partial charge in [-0.3, -0.25) is 4.79 Å². The summed E-state index contributed by atoms with van der Waals surface area (Å²) in [6.07, 6.45) is 1.85. The SMILES string of the molecule is O=C(NC1(CBr)CC1)c1cc(Cl)ccc1F. The van der Waals surface area contributed by atoms with Crippen LogP contribution in [0.15, 0.2) is 18.2 Å². The minimum absolute atomic E-state index is 0.000255. The van der Waals surface area contributed by atoms with Crippen LogP contribution in [-0.4, -0.2) is 16.8 Å². The first-order valence-electron chi connectivity index (χ1n) is 4.90. The van der Waals surface area contributed by atoms with Crippen LogP contribution in [0, 0.1) is 5.82 Å². The summed E-state index contributed by atoms with van der Waals surface area (Å²) in [6, 6.07) is 3.96. The van der Waals surface area contributed by atoms with Crippen LogP contribution < -0.4 is 5.32 Å². The second kappa shape index (κ2) is 4.34. The summed E-state index contributed by atoms with van der Waals surface area (Å²) in [7, 11) is 0. The van der Waals surface area contributed by atoms with Crippen molar-refractivity contribution in [1.82, 2.24) is 5.32 Å². The van der Waals surface area contributed by atoms with E-state index in [0.29, 0.717) is 10.4 Å². The van der Waals surface area contributed by atoms with Crippen LogP contribution in [0.5, 0.6) is 0 Å². The Labute approximate surface area is 106 Å². The van der Waals surface area contributed by atoms with Gasteiger partial charge in [-0.1, -0.05) is 27.5 Å². The van der Waals surface area contributed by atoms with Crippen LogP contribution in [0.25, 0.3) is 0 Å². The van der Waals surface area contributed by atoms with E-state index in [1.807, 2.05) is 0 Å². The smallest absolute Gasteiger partial charge is 0.254 e. The minimum atomic E-state index is -0.549. The molecule has 0 radical (unpaired) electrons. The number of rotatable bonds is 3. The summed E-state index contributed by atoms with van der Waals surface area (Å²) in [4.78, 5) is 11.8. The average molecular weight is 307 g/mol. The zero-order chi connectivity index (χ0) is 11.8. The molecule has 0 heterocycles. The van der Waals surface area contributed by atoms with Crippen molar-refractivity contribution in [3.63, 3.8) is 0 Å². The van der Waals surface area contributed by atoms with E-state index in [9.17, 15) is 9.18 Å². The van der Waals surface area contributed by atoms with Gasteiger partial charge >= 0.3 is 0 Å². The molecule has 86 valence electrons. The molecular weight excluding hydrogens is 296 g/mol. The summed E-state index contributed by atoms with van der Waals surface area (Å²) in [5, 5.41) is 3.86. The van der Waals surface area contributed by atoms with E-state index in [1.165, 1.54) is 18.2 Å². The zero-order valence-corrected chi connectivity index (χ0v) is 10.7. The molecule has 1 aromatic rings. The molecule has 0 saturated heterocycles. The molecule has 1 amide bonds. The highest BCUT2D eigenvalue weighted by atomic mass is 79.9. The lowest BCUT2D eigenvalue weighted by Gasteiger charge is -2.14. The molecule has 0 atom stereocenters. The van der Waals surface area contributed by atoms with E-state index in [-0.39, 0.29) is 11.1 Å². The number of benzene rings is 1. The topological polar surface area (TPSA) is 29.1 Å². The number of nitrogens with one attached hydrogen (secondary N) is 1. The van der Waals surface area contributed by atoms with Crippen molar-refractivity contribution in [3.8, 4) is 0 Å². The quantitative estimate of drug-likeness (QED) is 0.854. The second-order valence-corrected chi connectivity index (χ2v) is 4.99. The Hall–Kier alpha value is -0.610. The van der Waals surface area contributed by atoms with Gasteiger partial charge in [0.25, 0.3) is 5.91 Å². The molecule has 1 N–H and O–H groups in total. The van der Waals surface area contributed by atoms with Gasteiger partial charge in [-0.2, -0.15) is 0 Å². The number of amides is 1. The molecule has 1 aromatic carbocycles. The Morgan fingerprint density at radius 2 is 2.25 bits per heavy atom. The van der Waals surface area contributed by atoms with E-state index in [4.69, 9.17) is 11.6 Å². The van der Waals surface area contributed by atoms with Gasteiger partial charge in [0.2, 0.25) is 0 Å². The zero-order valence-electron chi connectivity index (χ0n) is 8.40. The van der Waals surface area contributed by atoms with Crippen molar-refractivity contribution in [2.24, 2.45) is 0 Å². The largest absolute Gasteiger partial charge is 0.346 e. The van der Waals surface area contributed by atoms with Crippen LogP contribution in [0.4, 0.5) is 4.39 Å². The fraction of sp³-hybridized carbons (Fsp3) is 0.364. The normalized spacial score (nSPS) is 16.9.